The number of hydrogen-bond donors (Lipinski definition) is 0. The third kappa shape index (κ3) is 2.29. The van der Waals surface area contributed by atoms with E-state index in [2.05, 4.69) is 15.0 Å². The Balaban J connectivity index is 1.91. The molecule has 0 unspecified atom stereocenters. The van der Waals surface area contributed by atoms with Crippen molar-refractivity contribution in [1.29, 1.82) is 0 Å². The van der Waals surface area contributed by atoms with Crippen molar-refractivity contribution in [2.24, 2.45) is 0 Å². The molecule has 0 N–H and O–H groups in total. The zero-order chi connectivity index (χ0) is 13.9. The largest absolute Gasteiger partial charge is 0.450 e. The van der Waals surface area contributed by atoms with Crippen LogP contribution in [0.2, 0.25) is 0 Å². The van der Waals surface area contributed by atoms with Gasteiger partial charge in [0, 0.05) is 12.7 Å². The van der Waals surface area contributed by atoms with Gasteiger partial charge in [0.1, 0.15) is 5.52 Å². The van der Waals surface area contributed by atoms with Gasteiger partial charge in [0.2, 0.25) is 0 Å². The maximum atomic E-state index is 11.9. The van der Waals surface area contributed by atoms with Crippen LogP contribution in [-0.2, 0) is 4.74 Å². The number of carbonyl (C=O) groups is 1. The van der Waals surface area contributed by atoms with Crippen LogP contribution in [0.5, 0.6) is 0 Å². The molecule has 0 bridgehead atoms. The Kier molecular flexibility index (Phi) is 3.45. The highest BCUT2D eigenvalue weighted by molar-refractivity contribution is 5.70. The van der Waals surface area contributed by atoms with Crippen LogP contribution in [0.4, 0.5) is 4.79 Å². The van der Waals surface area contributed by atoms with Crippen molar-refractivity contribution in [3.63, 3.8) is 0 Å². The van der Waals surface area contributed by atoms with Crippen molar-refractivity contribution in [3.05, 3.63) is 30.2 Å². The monoisotopic (exact) mass is 272 g/mol. The van der Waals surface area contributed by atoms with Gasteiger partial charge in [-0.1, -0.05) is 0 Å². The lowest BCUT2D eigenvalue weighted by Crippen LogP contribution is -2.31. The Morgan fingerprint density at radius 2 is 2.40 bits per heavy atom. The Morgan fingerprint density at radius 1 is 1.50 bits per heavy atom. The molecule has 0 saturated carbocycles. The standard InChI is InChI=1S/C14H16N4O2/c1-2-20-14(19)18-8-4-6-12(18)11-9-16-13-10(17-11)5-3-7-15-13/h3,5,7,9,12H,2,4,6,8H2,1H3/t12-/m0/s1. The molecule has 0 aliphatic carbocycles. The van der Waals surface area contributed by atoms with E-state index in [1.54, 1.807) is 17.3 Å². The van der Waals surface area contributed by atoms with E-state index in [1.807, 2.05) is 19.1 Å². The van der Waals surface area contributed by atoms with E-state index in [0.717, 1.165) is 24.1 Å². The van der Waals surface area contributed by atoms with Gasteiger partial charge in [-0.3, -0.25) is 4.90 Å². The molecule has 2 aromatic rings. The van der Waals surface area contributed by atoms with Crippen LogP contribution < -0.4 is 0 Å². The predicted molar refractivity (Wildman–Crippen MR) is 73.0 cm³/mol. The highest BCUT2D eigenvalue weighted by atomic mass is 16.6. The van der Waals surface area contributed by atoms with Crippen LogP contribution in [0.25, 0.3) is 11.2 Å². The fourth-order valence-electron chi connectivity index (χ4n) is 2.53. The molecule has 2 aromatic heterocycles. The summed E-state index contributed by atoms with van der Waals surface area (Å²) in [6, 6.07) is 3.66. The number of amides is 1. The average molecular weight is 272 g/mol. The summed E-state index contributed by atoms with van der Waals surface area (Å²) in [6.45, 7) is 2.90. The van der Waals surface area contributed by atoms with Crippen molar-refractivity contribution in [2.75, 3.05) is 13.2 Å². The summed E-state index contributed by atoms with van der Waals surface area (Å²) >= 11 is 0. The molecule has 3 rings (SSSR count). The number of rotatable bonds is 2. The minimum Gasteiger partial charge on any atom is -0.450 e. The van der Waals surface area contributed by atoms with Gasteiger partial charge in [0.05, 0.1) is 24.5 Å². The summed E-state index contributed by atoms with van der Waals surface area (Å²) < 4.78 is 5.09. The molecule has 1 saturated heterocycles. The lowest BCUT2D eigenvalue weighted by molar-refractivity contribution is 0.102. The Labute approximate surface area is 116 Å². The molecule has 1 aliphatic heterocycles. The summed E-state index contributed by atoms with van der Waals surface area (Å²) in [7, 11) is 0. The number of fused-ring (bicyclic) bond motifs is 1. The number of pyridine rings is 1. The van der Waals surface area contributed by atoms with Crippen molar-refractivity contribution in [3.8, 4) is 0 Å². The second kappa shape index (κ2) is 5.40. The first kappa shape index (κ1) is 12.8. The molecule has 20 heavy (non-hydrogen) atoms. The molecule has 0 aromatic carbocycles. The van der Waals surface area contributed by atoms with E-state index in [1.165, 1.54) is 0 Å². The Morgan fingerprint density at radius 3 is 3.25 bits per heavy atom. The van der Waals surface area contributed by atoms with Crippen molar-refractivity contribution >= 4 is 17.3 Å². The molecule has 6 nitrogen and oxygen atoms in total. The van der Waals surface area contributed by atoms with Gasteiger partial charge >= 0.3 is 6.09 Å². The van der Waals surface area contributed by atoms with E-state index in [4.69, 9.17) is 4.74 Å². The zero-order valence-electron chi connectivity index (χ0n) is 11.3. The number of hydrogen-bond acceptors (Lipinski definition) is 5. The van der Waals surface area contributed by atoms with Gasteiger partial charge in [-0.25, -0.2) is 19.7 Å². The quantitative estimate of drug-likeness (QED) is 0.839. The average Bonchev–Trinajstić information content (AvgIpc) is 2.96. The van der Waals surface area contributed by atoms with E-state index >= 15 is 0 Å². The molecule has 104 valence electrons. The molecule has 3 heterocycles. The molecule has 1 fully saturated rings. The van der Waals surface area contributed by atoms with Gasteiger partial charge < -0.3 is 4.74 Å². The number of carbonyl (C=O) groups excluding carboxylic acids is 1. The molecule has 6 heteroatoms. The highest BCUT2D eigenvalue weighted by Gasteiger charge is 2.32. The first-order valence-electron chi connectivity index (χ1n) is 6.80. The number of nitrogens with zero attached hydrogens (tertiary/aromatic N) is 4. The maximum absolute atomic E-state index is 11.9. The molecule has 1 atom stereocenters. The minimum absolute atomic E-state index is 0.0499. The van der Waals surface area contributed by atoms with Gasteiger partial charge in [-0.05, 0) is 31.9 Å². The van der Waals surface area contributed by atoms with Crippen LogP contribution >= 0.6 is 0 Å². The number of likely N-dealkylation sites (tertiary alicyclic amines) is 1. The van der Waals surface area contributed by atoms with Crippen LogP contribution in [0.3, 0.4) is 0 Å². The minimum atomic E-state index is -0.275. The topological polar surface area (TPSA) is 68.2 Å². The summed E-state index contributed by atoms with van der Waals surface area (Å²) in [6.07, 6.45) is 4.97. The predicted octanol–water partition coefficient (Wildman–Crippen LogP) is 2.32. The summed E-state index contributed by atoms with van der Waals surface area (Å²) in [5, 5.41) is 0. The van der Waals surface area contributed by atoms with E-state index in [9.17, 15) is 4.79 Å². The van der Waals surface area contributed by atoms with E-state index in [-0.39, 0.29) is 12.1 Å². The van der Waals surface area contributed by atoms with Crippen molar-refractivity contribution < 1.29 is 9.53 Å². The van der Waals surface area contributed by atoms with Crippen LogP contribution in [-0.4, -0.2) is 39.1 Å². The third-order valence-corrected chi connectivity index (χ3v) is 3.43. The molecule has 0 radical (unpaired) electrons. The normalized spacial score (nSPS) is 18.4. The molecule has 1 amide bonds. The molecular weight excluding hydrogens is 256 g/mol. The summed E-state index contributed by atoms with van der Waals surface area (Å²) in [5.74, 6) is 0. The van der Waals surface area contributed by atoms with Crippen molar-refractivity contribution in [1.82, 2.24) is 19.9 Å². The first-order valence-corrected chi connectivity index (χ1v) is 6.80. The Bertz CT molecular complexity index is 631. The molecule has 1 aliphatic rings. The van der Waals surface area contributed by atoms with Crippen LogP contribution in [0, 0.1) is 0 Å². The first-order chi connectivity index (χ1) is 9.79. The number of ether oxygens (including phenoxy) is 1. The van der Waals surface area contributed by atoms with E-state index in [0.29, 0.717) is 18.8 Å². The van der Waals surface area contributed by atoms with Gasteiger partial charge in [0.25, 0.3) is 0 Å². The van der Waals surface area contributed by atoms with Crippen LogP contribution in [0.1, 0.15) is 31.5 Å². The fourth-order valence-corrected chi connectivity index (χ4v) is 2.53. The van der Waals surface area contributed by atoms with Crippen LogP contribution in [0.15, 0.2) is 24.5 Å². The smallest absolute Gasteiger partial charge is 0.410 e. The molecule has 0 spiro atoms. The third-order valence-electron chi connectivity index (χ3n) is 3.43. The fraction of sp³-hybridized carbons (Fsp3) is 0.429. The lowest BCUT2D eigenvalue weighted by Gasteiger charge is -2.23. The lowest BCUT2D eigenvalue weighted by atomic mass is 10.1. The van der Waals surface area contributed by atoms with Gasteiger partial charge in [0.15, 0.2) is 5.65 Å². The maximum Gasteiger partial charge on any atom is 0.410 e. The van der Waals surface area contributed by atoms with Gasteiger partial charge in [-0.15, -0.1) is 0 Å². The second-order valence-corrected chi connectivity index (χ2v) is 4.69. The second-order valence-electron chi connectivity index (χ2n) is 4.69. The Hall–Kier alpha value is -2.24. The zero-order valence-corrected chi connectivity index (χ0v) is 11.3. The summed E-state index contributed by atoms with van der Waals surface area (Å²) in [4.78, 5) is 26.7. The molecular formula is C14H16N4O2. The van der Waals surface area contributed by atoms with Gasteiger partial charge in [-0.2, -0.15) is 0 Å². The van der Waals surface area contributed by atoms with Crippen molar-refractivity contribution in [2.45, 2.75) is 25.8 Å². The SMILES string of the molecule is CCOC(=O)N1CCC[C@H]1c1cnc2ncccc2n1. The number of aromatic nitrogens is 3. The highest BCUT2D eigenvalue weighted by Crippen LogP contribution is 2.31. The summed E-state index contributed by atoms with van der Waals surface area (Å²) in [5.41, 5.74) is 2.17. The van der Waals surface area contributed by atoms with E-state index < -0.39 is 0 Å².